The predicted octanol–water partition coefficient (Wildman–Crippen LogP) is 3.25. The van der Waals surface area contributed by atoms with Gasteiger partial charge in [-0.25, -0.2) is 0 Å². The molecule has 0 spiro atoms. The summed E-state index contributed by atoms with van der Waals surface area (Å²) in [5.41, 5.74) is 0. The van der Waals surface area contributed by atoms with Gasteiger partial charge in [0.15, 0.2) is 0 Å². The molecule has 2 rings (SSSR count). The molecule has 0 saturated carbocycles. The van der Waals surface area contributed by atoms with E-state index in [4.69, 9.17) is 0 Å². The summed E-state index contributed by atoms with van der Waals surface area (Å²) in [6, 6.07) is 14.1. The summed E-state index contributed by atoms with van der Waals surface area (Å²) in [5, 5.41) is 19.1. The second-order valence-electron chi connectivity index (χ2n) is 3.04. The standard InChI is InChI=1S/C12H10O2S.Ni/c13-9-5-1-3-7-11(9)15-12-8-4-2-6-10(12)14;/h1-8,13-14H;. The van der Waals surface area contributed by atoms with Crippen LogP contribution in [0.1, 0.15) is 0 Å². The third-order valence-corrected chi connectivity index (χ3v) is 3.08. The zero-order valence-corrected chi connectivity index (χ0v) is 10.0. The maximum atomic E-state index is 9.56. The first kappa shape index (κ1) is 13.0. The van der Waals surface area contributed by atoms with E-state index in [-0.39, 0.29) is 28.0 Å². The van der Waals surface area contributed by atoms with Crippen LogP contribution in [0.25, 0.3) is 0 Å². The molecule has 2 N–H and O–H groups in total. The van der Waals surface area contributed by atoms with Gasteiger partial charge < -0.3 is 10.2 Å². The molecule has 16 heavy (non-hydrogen) atoms. The molecule has 2 nitrogen and oxygen atoms in total. The van der Waals surface area contributed by atoms with Gasteiger partial charge in [-0.05, 0) is 24.3 Å². The minimum absolute atomic E-state index is 0. The van der Waals surface area contributed by atoms with Crippen molar-refractivity contribution in [3.8, 4) is 11.5 Å². The average Bonchev–Trinajstić information content (AvgIpc) is 2.24. The van der Waals surface area contributed by atoms with Crippen LogP contribution >= 0.6 is 11.8 Å². The molecule has 2 aromatic carbocycles. The summed E-state index contributed by atoms with van der Waals surface area (Å²) in [6.45, 7) is 0. The van der Waals surface area contributed by atoms with Crippen molar-refractivity contribution >= 4 is 11.8 Å². The van der Waals surface area contributed by atoms with Crippen LogP contribution < -0.4 is 0 Å². The first-order valence-corrected chi connectivity index (χ1v) is 5.33. The molecule has 0 fully saturated rings. The molecule has 86 valence electrons. The molecule has 0 radical (unpaired) electrons. The van der Waals surface area contributed by atoms with Gasteiger partial charge in [0.2, 0.25) is 0 Å². The number of rotatable bonds is 2. The number of hydrogen-bond donors (Lipinski definition) is 2. The van der Waals surface area contributed by atoms with Crippen molar-refractivity contribution in [2.24, 2.45) is 0 Å². The van der Waals surface area contributed by atoms with E-state index in [0.717, 1.165) is 9.79 Å². The van der Waals surface area contributed by atoms with Crippen molar-refractivity contribution in [2.75, 3.05) is 0 Å². The first-order chi connectivity index (χ1) is 7.27. The summed E-state index contributed by atoms with van der Waals surface area (Å²) in [4.78, 5) is 1.47. The molecule has 0 aliphatic heterocycles. The van der Waals surface area contributed by atoms with E-state index in [1.807, 2.05) is 24.3 Å². The number of para-hydroxylation sites is 2. The second kappa shape index (κ2) is 5.83. The van der Waals surface area contributed by atoms with E-state index in [1.165, 1.54) is 11.8 Å². The van der Waals surface area contributed by atoms with Gasteiger partial charge in [-0.3, -0.25) is 0 Å². The van der Waals surface area contributed by atoms with Crippen molar-refractivity contribution in [3.05, 3.63) is 48.5 Å². The summed E-state index contributed by atoms with van der Waals surface area (Å²) in [6.07, 6.45) is 0. The number of aromatic hydroxyl groups is 2. The van der Waals surface area contributed by atoms with Crippen LogP contribution in [0.5, 0.6) is 11.5 Å². The zero-order chi connectivity index (χ0) is 10.7. The molecule has 0 saturated heterocycles. The van der Waals surface area contributed by atoms with Crippen LogP contribution in [-0.4, -0.2) is 10.2 Å². The number of phenols is 2. The minimum Gasteiger partial charge on any atom is -0.507 e. The maximum Gasteiger partial charge on any atom is 0.129 e. The Morgan fingerprint density at radius 3 is 1.44 bits per heavy atom. The number of hydrogen-bond acceptors (Lipinski definition) is 3. The summed E-state index contributed by atoms with van der Waals surface area (Å²) in [7, 11) is 0. The van der Waals surface area contributed by atoms with E-state index >= 15 is 0 Å². The van der Waals surface area contributed by atoms with Crippen LogP contribution in [0.4, 0.5) is 0 Å². The van der Waals surface area contributed by atoms with Gasteiger partial charge in [0, 0.05) is 16.5 Å². The Kier molecular flexibility index (Phi) is 4.72. The fourth-order valence-corrected chi connectivity index (χ4v) is 2.08. The van der Waals surface area contributed by atoms with Gasteiger partial charge in [0.05, 0.1) is 9.79 Å². The Bertz CT molecular complexity index is 431. The Balaban J connectivity index is 0.00000128. The summed E-state index contributed by atoms with van der Waals surface area (Å²) < 4.78 is 0. The SMILES string of the molecule is Oc1ccccc1Sc1ccccc1O.[Ni]. The molecule has 0 unspecified atom stereocenters. The zero-order valence-electron chi connectivity index (χ0n) is 8.24. The molecule has 0 heterocycles. The van der Waals surface area contributed by atoms with Crippen molar-refractivity contribution in [2.45, 2.75) is 9.79 Å². The molecule has 0 atom stereocenters. The topological polar surface area (TPSA) is 40.5 Å². The Morgan fingerprint density at radius 1 is 0.688 bits per heavy atom. The summed E-state index contributed by atoms with van der Waals surface area (Å²) >= 11 is 1.34. The molecular formula is C12H10NiO2S. The van der Waals surface area contributed by atoms with E-state index in [1.54, 1.807) is 24.3 Å². The van der Waals surface area contributed by atoms with Gasteiger partial charge in [0.25, 0.3) is 0 Å². The van der Waals surface area contributed by atoms with E-state index in [2.05, 4.69) is 0 Å². The smallest absolute Gasteiger partial charge is 0.129 e. The normalized spacial score (nSPS) is 9.50. The van der Waals surface area contributed by atoms with Crippen molar-refractivity contribution < 1.29 is 26.7 Å². The van der Waals surface area contributed by atoms with Crippen LogP contribution in [0.3, 0.4) is 0 Å². The van der Waals surface area contributed by atoms with Crippen molar-refractivity contribution in [3.63, 3.8) is 0 Å². The summed E-state index contributed by atoms with van der Waals surface area (Å²) in [5.74, 6) is 0.455. The van der Waals surface area contributed by atoms with Crippen LogP contribution in [0.2, 0.25) is 0 Å². The molecule has 0 aliphatic rings. The third-order valence-electron chi connectivity index (χ3n) is 1.95. The first-order valence-electron chi connectivity index (χ1n) is 4.51. The van der Waals surface area contributed by atoms with Crippen molar-refractivity contribution in [1.29, 1.82) is 0 Å². The molecule has 4 heteroatoms. The molecular weight excluding hydrogens is 267 g/mol. The second-order valence-corrected chi connectivity index (χ2v) is 4.12. The van der Waals surface area contributed by atoms with Crippen LogP contribution in [-0.2, 0) is 16.5 Å². The van der Waals surface area contributed by atoms with Gasteiger partial charge in [-0.1, -0.05) is 36.0 Å². The van der Waals surface area contributed by atoms with E-state index in [0.29, 0.717) is 0 Å². The fourth-order valence-electron chi connectivity index (χ4n) is 1.21. The largest absolute Gasteiger partial charge is 0.507 e. The molecule has 0 amide bonds. The monoisotopic (exact) mass is 276 g/mol. The van der Waals surface area contributed by atoms with Gasteiger partial charge in [-0.15, -0.1) is 0 Å². The number of benzene rings is 2. The van der Waals surface area contributed by atoms with Crippen molar-refractivity contribution in [1.82, 2.24) is 0 Å². The Morgan fingerprint density at radius 2 is 1.06 bits per heavy atom. The fraction of sp³-hybridized carbons (Fsp3) is 0. The Labute approximate surface area is 108 Å². The molecule has 0 aliphatic carbocycles. The molecule has 0 aromatic heterocycles. The molecule has 0 bridgehead atoms. The Hall–Kier alpha value is -1.12. The quantitative estimate of drug-likeness (QED) is 0.828. The van der Waals surface area contributed by atoms with Crippen LogP contribution in [0, 0.1) is 0 Å². The van der Waals surface area contributed by atoms with Gasteiger partial charge in [0.1, 0.15) is 11.5 Å². The maximum absolute atomic E-state index is 9.56. The predicted molar refractivity (Wildman–Crippen MR) is 60.3 cm³/mol. The number of phenolic OH excluding ortho intramolecular Hbond substituents is 2. The van der Waals surface area contributed by atoms with Gasteiger partial charge in [-0.2, -0.15) is 0 Å². The van der Waals surface area contributed by atoms with Gasteiger partial charge >= 0.3 is 0 Å². The van der Waals surface area contributed by atoms with Crippen LogP contribution in [0.15, 0.2) is 58.3 Å². The minimum atomic E-state index is 0. The van der Waals surface area contributed by atoms with E-state index < -0.39 is 0 Å². The third kappa shape index (κ3) is 2.94. The molecule has 2 aromatic rings. The average molecular weight is 277 g/mol. The van der Waals surface area contributed by atoms with E-state index in [9.17, 15) is 10.2 Å².